The molecule has 5 atom stereocenters. The Kier molecular flexibility index (Phi) is 4.34. The standard InChI is InChI=1S/C12H16F2N2O6/c1-5(18)21-10-12(2,14)9(19)15-11(20)16(10)8-3-6(13)7(4-17)22-8/h6-8,10,17H,3-4H2,1-2H3,(H,15,19,20). The molecule has 2 aliphatic heterocycles. The molecule has 2 aliphatic rings. The van der Waals surface area contributed by atoms with E-state index >= 15 is 0 Å². The number of aliphatic hydroxyl groups is 1. The molecule has 10 heteroatoms. The van der Waals surface area contributed by atoms with Gasteiger partial charge in [0.05, 0.1) is 6.61 Å². The van der Waals surface area contributed by atoms with Crippen molar-refractivity contribution in [1.82, 2.24) is 10.2 Å². The van der Waals surface area contributed by atoms with Gasteiger partial charge >= 0.3 is 12.0 Å². The second kappa shape index (κ2) is 5.76. The van der Waals surface area contributed by atoms with Gasteiger partial charge in [0.15, 0.2) is 0 Å². The number of imide groups is 1. The van der Waals surface area contributed by atoms with Gasteiger partial charge in [-0.2, -0.15) is 0 Å². The molecule has 0 saturated carbocycles. The van der Waals surface area contributed by atoms with Gasteiger partial charge in [-0.3, -0.25) is 19.8 Å². The molecular formula is C12H16F2N2O6. The van der Waals surface area contributed by atoms with Crippen LogP contribution in [0.1, 0.15) is 20.3 Å². The predicted octanol–water partition coefficient (Wildman–Crippen LogP) is -0.399. The maximum absolute atomic E-state index is 14.6. The summed E-state index contributed by atoms with van der Waals surface area (Å²) in [5.41, 5.74) is -2.73. The topological polar surface area (TPSA) is 105 Å². The maximum atomic E-state index is 14.6. The van der Waals surface area contributed by atoms with Crippen molar-refractivity contribution < 1.29 is 37.7 Å². The van der Waals surface area contributed by atoms with Gasteiger partial charge in [0.1, 0.15) is 18.5 Å². The van der Waals surface area contributed by atoms with Crippen molar-refractivity contribution in [3.05, 3.63) is 0 Å². The molecule has 2 N–H and O–H groups in total. The van der Waals surface area contributed by atoms with Crippen molar-refractivity contribution in [2.24, 2.45) is 0 Å². The van der Waals surface area contributed by atoms with Crippen LogP contribution >= 0.6 is 0 Å². The number of carbonyl (C=O) groups is 3. The number of halogens is 2. The number of ether oxygens (including phenoxy) is 2. The van der Waals surface area contributed by atoms with Crippen molar-refractivity contribution in [2.75, 3.05) is 6.61 Å². The number of amides is 3. The Balaban J connectivity index is 2.31. The first-order valence-electron chi connectivity index (χ1n) is 6.58. The third kappa shape index (κ3) is 2.75. The lowest BCUT2D eigenvalue weighted by molar-refractivity contribution is -0.197. The zero-order chi connectivity index (χ0) is 16.7. The molecule has 8 nitrogen and oxygen atoms in total. The molecule has 2 rings (SSSR count). The summed E-state index contributed by atoms with van der Waals surface area (Å²) in [5, 5.41) is 10.7. The van der Waals surface area contributed by atoms with E-state index in [9.17, 15) is 23.2 Å². The van der Waals surface area contributed by atoms with Crippen molar-refractivity contribution in [2.45, 2.75) is 50.7 Å². The highest BCUT2D eigenvalue weighted by Gasteiger charge is 2.57. The van der Waals surface area contributed by atoms with E-state index in [1.54, 1.807) is 5.32 Å². The minimum Gasteiger partial charge on any atom is -0.437 e. The Morgan fingerprint density at radius 2 is 2.23 bits per heavy atom. The average molecular weight is 322 g/mol. The molecule has 0 radical (unpaired) electrons. The highest BCUT2D eigenvalue weighted by molar-refractivity contribution is 6.02. The van der Waals surface area contributed by atoms with Crippen LogP contribution in [0.2, 0.25) is 0 Å². The highest BCUT2D eigenvalue weighted by Crippen LogP contribution is 2.34. The highest BCUT2D eigenvalue weighted by atomic mass is 19.1. The fourth-order valence-corrected chi connectivity index (χ4v) is 2.39. The summed E-state index contributed by atoms with van der Waals surface area (Å²) in [6.45, 7) is 1.19. The fourth-order valence-electron chi connectivity index (χ4n) is 2.39. The number of nitrogens with zero attached hydrogens (tertiary/aromatic N) is 1. The molecular weight excluding hydrogens is 306 g/mol. The fraction of sp³-hybridized carbons (Fsp3) is 0.750. The molecule has 3 amide bonds. The zero-order valence-corrected chi connectivity index (χ0v) is 11.9. The van der Waals surface area contributed by atoms with Crippen LogP contribution in [0.15, 0.2) is 0 Å². The van der Waals surface area contributed by atoms with E-state index in [1.165, 1.54) is 0 Å². The Labute approximate surface area is 124 Å². The Bertz CT molecular complexity index is 500. The van der Waals surface area contributed by atoms with Crippen molar-refractivity contribution in [3.63, 3.8) is 0 Å². The molecule has 22 heavy (non-hydrogen) atoms. The number of hydrogen-bond donors (Lipinski definition) is 2. The van der Waals surface area contributed by atoms with Gasteiger partial charge in [-0.1, -0.05) is 0 Å². The molecule has 2 heterocycles. The first-order chi connectivity index (χ1) is 10.2. The summed E-state index contributed by atoms with van der Waals surface area (Å²) >= 11 is 0. The van der Waals surface area contributed by atoms with Crippen LogP contribution < -0.4 is 5.32 Å². The van der Waals surface area contributed by atoms with Crippen LogP contribution in [0.25, 0.3) is 0 Å². The monoisotopic (exact) mass is 322 g/mol. The molecule has 0 aliphatic carbocycles. The second-order valence-electron chi connectivity index (χ2n) is 5.27. The lowest BCUT2D eigenvalue weighted by Gasteiger charge is -2.43. The predicted molar refractivity (Wildman–Crippen MR) is 65.7 cm³/mol. The number of urea groups is 1. The van der Waals surface area contributed by atoms with Gasteiger partial charge in [-0.25, -0.2) is 13.6 Å². The van der Waals surface area contributed by atoms with Crippen LogP contribution in [0, 0.1) is 0 Å². The number of carbonyl (C=O) groups excluding carboxylic acids is 3. The summed E-state index contributed by atoms with van der Waals surface area (Å²) in [7, 11) is 0. The number of nitrogens with one attached hydrogen (secondary N) is 1. The van der Waals surface area contributed by atoms with Crippen molar-refractivity contribution >= 4 is 17.9 Å². The summed E-state index contributed by atoms with van der Waals surface area (Å²) in [6, 6.07) is -1.07. The van der Waals surface area contributed by atoms with Crippen LogP contribution in [0.3, 0.4) is 0 Å². The largest absolute Gasteiger partial charge is 0.437 e. The number of hydrogen-bond acceptors (Lipinski definition) is 6. The van der Waals surface area contributed by atoms with Gasteiger partial charge in [0.25, 0.3) is 5.91 Å². The van der Waals surface area contributed by atoms with Gasteiger partial charge in [-0.05, 0) is 6.92 Å². The normalized spacial score (nSPS) is 38.9. The van der Waals surface area contributed by atoms with Gasteiger partial charge in [0.2, 0.25) is 11.9 Å². The first kappa shape index (κ1) is 16.6. The molecule has 0 aromatic carbocycles. The van der Waals surface area contributed by atoms with E-state index in [1.807, 2.05) is 0 Å². The molecule has 2 fully saturated rings. The Hall–Kier alpha value is -1.81. The molecule has 2 saturated heterocycles. The van der Waals surface area contributed by atoms with E-state index < -0.39 is 54.9 Å². The van der Waals surface area contributed by atoms with Crippen LogP contribution in [0.4, 0.5) is 13.6 Å². The van der Waals surface area contributed by atoms with Crippen molar-refractivity contribution in [3.8, 4) is 0 Å². The number of alkyl halides is 2. The van der Waals surface area contributed by atoms with Crippen molar-refractivity contribution in [1.29, 1.82) is 0 Å². The number of aliphatic hydroxyl groups excluding tert-OH is 1. The zero-order valence-electron chi connectivity index (χ0n) is 11.9. The number of esters is 1. The van der Waals surface area contributed by atoms with E-state index in [-0.39, 0.29) is 6.42 Å². The average Bonchev–Trinajstić information content (AvgIpc) is 2.77. The summed E-state index contributed by atoms with van der Waals surface area (Å²) in [6.07, 6.45) is -6.27. The quantitative estimate of drug-likeness (QED) is 0.685. The summed E-state index contributed by atoms with van der Waals surface area (Å²) in [4.78, 5) is 35.3. The minimum absolute atomic E-state index is 0.347. The van der Waals surface area contributed by atoms with Crippen LogP contribution in [-0.4, -0.2) is 64.9 Å². The SMILES string of the molecule is CC(=O)OC1N(C2CC(F)C(CO)O2)C(=O)NC(=O)C1(C)F. The summed E-state index contributed by atoms with van der Waals surface area (Å²) < 4.78 is 38.1. The Morgan fingerprint density at radius 1 is 1.59 bits per heavy atom. The third-order valence-electron chi connectivity index (χ3n) is 3.55. The van der Waals surface area contributed by atoms with Gasteiger partial charge < -0.3 is 14.6 Å². The van der Waals surface area contributed by atoms with Crippen LogP contribution in [0.5, 0.6) is 0 Å². The van der Waals surface area contributed by atoms with Crippen LogP contribution in [-0.2, 0) is 19.1 Å². The first-order valence-corrected chi connectivity index (χ1v) is 6.58. The van der Waals surface area contributed by atoms with Gasteiger partial charge in [0, 0.05) is 13.3 Å². The lowest BCUT2D eigenvalue weighted by atomic mass is 10.0. The third-order valence-corrected chi connectivity index (χ3v) is 3.55. The van der Waals surface area contributed by atoms with E-state index in [4.69, 9.17) is 14.6 Å². The van der Waals surface area contributed by atoms with E-state index in [0.29, 0.717) is 4.90 Å². The number of rotatable bonds is 3. The molecule has 0 spiro atoms. The Morgan fingerprint density at radius 3 is 2.73 bits per heavy atom. The smallest absolute Gasteiger partial charge is 0.329 e. The summed E-state index contributed by atoms with van der Waals surface area (Å²) in [5.74, 6) is -2.19. The van der Waals surface area contributed by atoms with E-state index in [2.05, 4.69) is 0 Å². The molecule has 0 aromatic rings. The van der Waals surface area contributed by atoms with Gasteiger partial charge in [-0.15, -0.1) is 0 Å². The van der Waals surface area contributed by atoms with E-state index in [0.717, 1.165) is 13.8 Å². The molecule has 5 unspecified atom stereocenters. The lowest BCUT2D eigenvalue weighted by Crippen LogP contribution is -2.70. The molecule has 0 bridgehead atoms. The second-order valence-corrected chi connectivity index (χ2v) is 5.27. The molecule has 124 valence electrons. The molecule has 0 aromatic heterocycles. The minimum atomic E-state index is -2.73. The maximum Gasteiger partial charge on any atom is 0.329 e.